The van der Waals surface area contributed by atoms with Gasteiger partial charge >= 0.3 is 0 Å². The summed E-state index contributed by atoms with van der Waals surface area (Å²) in [4.78, 5) is 0. The van der Waals surface area contributed by atoms with Gasteiger partial charge in [-0.25, -0.2) is 0 Å². The predicted molar refractivity (Wildman–Crippen MR) is 65.5 cm³/mol. The molecule has 1 saturated carbocycles. The first kappa shape index (κ1) is 12.5. The van der Waals surface area contributed by atoms with Gasteiger partial charge < -0.3 is 23.7 Å². The summed E-state index contributed by atoms with van der Waals surface area (Å²) < 4.78 is 30.1. The van der Waals surface area contributed by atoms with Crippen molar-refractivity contribution in [3.8, 4) is 0 Å². The van der Waals surface area contributed by atoms with Crippen LogP contribution in [0.2, 0.25) is 0 Å². The molecule has 1 aliphatic carbocycles. The van der Waals surface area contributed by atoms with E-state index in [2.05, 4.69) is 0 Å². The van der Waals surface area contributed by atoms with E-state index in [0.717, 1.165) is 6.42 Å². The molecule has 19 heavy (non-hydrogen) atoms. The quantitative estimate of drug-likeness (QED) is 0.666. The molecule has 5 nitrogen and oxygen atoms in total. The average molecular weight is 270 g/mol. The predicted octanol–water partition coefficient (Wildman–Crippen LogP) is 1.45. The van der Waals surface area contributed by atoms with E-state index < -0.39 is 11.6 Å². The van der Waals surface area contributed by atoms with E-state index in [1.807, 2.05) is 27.7 Å². The number of hydrogen-bond donors (Lipinski definition) is 0. The maximum absolute atomic E-state index is 6.11. The Morgan fingerprint density at radius 3 is 2.26 bits per heavy atom. The summed E-state index contributed by atoms with van der Waals surface area (Å²) in [6, 6.07) is 0. The summed E-state index contributed by atoms with van der Waals surface area (Å²) in [7, 11) is 0. The van der Waals surface area contributed by atoms with Crippen LogP contribution < -0.4 is 0 Å². The van der Waals surface area contributed by atoms with Crippen molar-refractivity contribution < 1.29 is 23.7 Å². The molecule has 0 bridgehead atoms. The molecule has 6 atom stereocenters. The normalized spacial score (nSPS) is 53.7. The Bertz CT molecular complexity index is 393. The third-order valence-corrected chi connectivity index (χ3v) is 4.42. The van der Waals surface area contributed by atoms with Crippen molar-refractivity contribution in [3.05, 3.63) is 0 Å². The SMILES string of the molecule is CC1(C)OC2C(O1)[C@@H]1C[C@@H]1OC1COC(C)(C)O[C@H]12. The van der Waals surface area contributed by atoms with Crippen LogP contribution >= 0.6 is 0 Å². The van der Waals surface area contributed by atoms with E-state index in [1.165, 1.54) is 0 Å². The van der Waals surface area contributed by atoms with Crippen LogP contribution in [0.4, 0.5) is 0 Å². The van der Waals surface area contributed by atoms with Crippen molar-refractivity contribution in [1.82, 2.24) is 0 Å². The van der Waals surface area contributed by atoms with E-state index >= 15 is 0 Å². The molecule has 4 aliphatic rings. The Balaban J connectivity index is 1.64. The van der Waals surface area contributed by atoms with Gasteiger partial charge in [0, 0.05) is 5.92 Å². The van der Waals surface area contributed by atoms with Crippen LogP contribution in [0.15, 0.2) is 0 Å². The van der Waals surface area contributed by atoms with Crippen LogP contribution in [0, 0.1) is 5.92 Å². The molecule has 0 aromatic carbocycles. The lowest BCUT2D eigenvalue weighted by Crippen LogP contribution is -2.56. The monoisotopic (exact) mass is 270 g/mol. The fourth-order valence-electron chi connectivity index (χ4n) is 3.53. The Morgan fingerprint density at radius 1 is 0.789 bits per heavy atom. The summed E-state index contributed by atoms with van der Waals surface area (Å²) in [5, 5.41) is 0. The number of ether oxygens (including phenoxy) is 5. The highest BCUT2D eigenvalue weighted by Crippen LogP contribution is 2.51. The molecule has 3 saturated heterocycles. The van der Waals surface area contributed by atoms with Crippen LogP contribution in [0.1, 0.15) is 34.1 Å². The maximum atomic E-state index is 6.11. The fraction of sp³-hybridized carbons (Fsp3) is 1.00. The molecule has 0 N–H and O–H groups in total. The Morgan fingerprint density at radius 2 is 1.47 bits per heavy atom. The van der Waals surface area contributed by atoms with Gasteiger partial charge in [-0.1, -0.05) is 0 Å². The van der Waals surface area contributed by atoms with Gasteiger partial charge in [0.15, 0.2) is 11.6 Å². The second-order valence-corrected chi connectivity index (χ2v) is 6.97. The molecule has 108 valence electrons. The van der Waals surface area contributed by atoms with Crippen molar-refractivity contribution in [3.63, 3.8) is 0 Å². The third-order valence-electron chi connectivity index (χ3n) is 4.42. The zero-order chi connectivity index (χ0) is 13.4. The third kappa shape index (κ3) is 2.03. The Labute approximate surface area is 113 Å². The molecule has 4 rings (SSSR count). The molecule has 5 heteroatoms. The fourth-order valence-corrected chi connectivity index (χ4v) is 3.53. The molecule has 0 aromatic heterocycles. The van der Waals surface area contributed by atoms with Crippen molar-refractivity contribution in [1.29, 1.82) is 0 Å². The number of hydrogen-bond acceptors (Lipinski definition) is 5. The van der Waals surface area contributed by atoms with E-state index in [9.17, 15) is 0 Å². The first-order chi connectivity index (χ1) is 8.85. The largest absolute Gasteiger partial charge is 0.369 e. The lowest BCUT2D eigenvalue weighted by atomic mass is 9.99. The van der Waals surface area contributed by atoms with Gasteiger partial charge in [0.05, 0.1) is 18.8 Å². The van der Waals surface area contributed by atoms with Crippen molar-refractivity contribution >= 4 is 0 Å². The second kappa shape index (κ2) is 3.71. The summed E-state index contributed by atoms with van der Waals surface area (Å²) in [6.45, 7) is 8.38. The van der Waals surface area contributed by atoms with Gasteiger partial charge in [-0.3, -0.25) is 0 Å². The second-order valence-electron chi connectivity index (χ2n) is 6.97. The van der Waals surface area contributed by atoms with E-state index in [1.54, 1.807) is 0 Å². The molecular weight excluding hydrogens is 248 g/mol. The minimum Gasteiger partial charge on any atom is -0.369 e. The molecular formula is C14H22O5. The topological polar surface area (TPSA) is 46.2 Å². The summed E-state index contributed by atoms with van der Waals surface area (Å²) in [5.41, 5.74) is 0. The van der Waals surface area contributed by atoms with Gasteiger partial charge in [0.25, 0.3) is 0 Å². The average Bonchev–Trinajstić information content (AvgIpc) is 2.98. The van der Waals surface area contributed by atoms with Crippen LogP contribution in [0.25, 0.3) is 0 Å². The van der Waals surface area contributed by atoms with E-state index in [0.29, 0.717) is 12.5 Å². The highest BCUT2D eigenvalue weighted by Gasteiger charge is 2.62. The molecule has 3 aliphatic heterocycles. The van der Waals surface area contributed by atoms with Crippen LogP contribution in [0.3, 0.4) is 0 Å². The summed E-state index contributed by atoms with van der Waals surface area (Å²) >= 11 is 0. The zero-order valence-electron chi connectivity index (χ0n) is 11.9. The molecule has 3 unspecified atom stereocenters. The number of rotatable bonds is 0. The van der Waals surface area contributed by atoms with Crippen LogP contribution in [-0.2, 0) is 23.7 Å². The Kier molecular flexibility index (Phi) is 2.45. The first-order valence-corrected chi connectivity index (χ1v) is 7.18. The minimum absolute atomic E-state index is 0.0458. The summed E-state index contributed by atoms with van der Waals surface area (Å²) in [5.74, 6) is -0.667. The number of fused-ring (bicyclic) bond motifs is 5. The molecule has 0 aromatic rings. The lowest BCUT2D eigenvalue weighted by Gasteiger charge is -2.42. The molecule has 4 fully saturated rings. The minimum atomic E-state index is -0.584. The summed E-state index contributed by atoms with van der Waals surface area (Å²) in [6.07, 6.45) is 1.23. The van der Waals surface area contributed by atoms with Gasteiger partial charge in [-0.15, -0.1) is 0 Å². The lowest BCUT2D eigenvalue weighted by molar-refractivity contribution is -0.327. The van der Waals surface area contributed by atoms with Crippen molar-refractivity contribution in [2.45, 2.75) is 76.2 Å². The zero-order valence-corrected chi connectivity index (χ0v) is 11.9. The van der Waals surface area contributed by atoms with Gasteiger partial charge in [-0.2, -0.15) is 0 Å². The van der Waals surface area contributed by atoms with Crippen LogP contribution in [-0.4, -0.2) is 48.7 Å². The smallest absolute Gasteiger partial charge is 0.163 e. The maximum Gasteiger partial charge on any atom is 0.163 e. The van der Waals surface area contributed by atoms with Gasteiger partial charge in [-0.05, 0) is 34.1 Å². The molecule has 0 radical (unpaired) electrons. The van der Waals surface area contributed by atoms with Crippen molar-refractivity contribution in [2.75, 3.05) is 6.61 Å². The first-order valence-electron chi connectivity index (χ1n) is 7.18. The highest BCUT2D eigenvalue weighted by atomic mass is 16.8. The molecule has 0 spiro atoms. The molecule has 3 heterocycles. The highest BCUT2D eigenvalue weighted by molar-refractivity contribution is 5.07. The molecule has 0 amide bonds. The van der Waals surface area contributed by atoms with Gasteiger partial charge in [0.1, 0.15) is 18.3 Å². The van der Waals surface area contributed by atoms with Crippen molar-refractivity contribution in [2.24, 2.45) is 5.92 Å². The standard InChI is InChI=1S/C14H22O5/c1-13(2)15-6-9-11(18-13)12-10(7-5-8(7)16-9)17-14(3,4)19-12/h7-12H,5-6H2,1-4H3/t7-,8+,9?,10?,11-,12?/m1/s1. The van der Waals surface area contributed by atoms with E-state index in [-0.39, 0.29) is 30.5 Å². The van der Waals surface area contributed by atoms with Gasteiger partial charge in [0.2, 0.25) is 0 Å². The van der Waals surface area contributed by atoms with E-state index in [4.69, 9.17) is 23.7 Å². The Hall–Kier alpha value is -0.200. The van der Waals surface area contributed by atoms with Crippen LogP contribution in [0.5, 0.6) is 0 Å².